The molecule has 0 radical (unpaired) electrons. The number of ether oxygens (including phenoxy) is 2. The SMILES string of the molecule is CCOC(CN)c1ccc(OC)c(O)c1. The highest BCUT2D eigenvalue weighted by atomic mass is 16.5. The Morgan fingerprint density at radius 2 is 2.20 bits per heavy atom. The quantitative estimate of drug-likeness (QED) is 0.773. The Bertz CT molecular complexity index is 315. The second kappa shape index (κ2) is 5.58. The molecule has 1 rings (SSSR count). The van der Waals surface area contributed by atoms with Crippen LogP contribution >= 0.6 is 0 Å². The minimum atomic E-state index is -0.174. The lowest BCUT2D eigenvalue weighted by Crippen LogP contribution is -2.15. The van der Waals surface area contributed by atoms with E-state index in [1.165, 1.54) is 7.11 Å². The summed E-state index contributed by atoms with van der Waals surface area (Å²) in [5.74, 6) is 0.555. The van der Waals surface area contributed by atoms with Crippen LogP contribution in [0.25, 0.3) is 0 Å². The summed E-state index contributed by atoms with van der Waals surface area (Å²) in [7, 11) is 1.51. The van der Waals surface area contributed by atoms with Gasteiger partial charge in [-0.1, -0.05) is 6.07 Å². The summed E-state index contributed by atoms with van der Waals surface area (Å²) in [6, 6.07) is 5.16. The van der Waals surface area contributed by atoms with Crippen molar-refractivity contribution in [3.63, 3.8) is 0 Å². The van der Waals surface area contributed by atoms with Gasteiger partial charge in [0.25, 0.3) is 0 Å². The average Bonchev–Trinajstić information content (AvgIpc) is 2.25. The molecule has 84 valence electrons. The van der Waals surface area contributed by atoms with Crippen LogP contribution in [0.1, 0.15) is 18.6 Å². The fraction of sp³-hybridized carbons (Fsp3) is 0.455. The summed E-state index contributed by atoms with van der Waals surface area (Å²) in [6.45, 7) is 2.89. The van der Waals surface area contributed by atoms with E-state index in [1.807, 2.05) is 13.0 Å². The fourth-order valence-electron chi connectivity index (χ4n) is 1.41. The first kappa shape index (κ1) is 11.8. The van der Waals surface area contributed by atoms with Crippen molar-refractivity contribution in [3.05, 3.63) is 23.8 Å². The maximum absolute atomic E-state index is 9.58. The smallest absolute Gasteiger partial charge is 0.160 e. The van der Waals surface area contributed by atoms with Crippen LogP contribution in [0.15, 0.2) is 18.2 Å². The Kier molecular flexibility index (Phi) is 4.39. The zero-order chi connectivity index (χ0) is 11.3. The number of hydrogen-bond donors (Lipinski definition) is 2. The molecule has 0 saturated carbocycles. The number of benzene rings is 1. The van der Waals surface area contributed by atoms with Crippen LogP contribution in [0, 0.1) is 0 Å². The summed E-state index contributed by atoms with van der Waals surface area (Å²) < 4.78 is 10.4. The highest BCUT2D eigenvalue weighted by Gasteiger charge is 2.11. The molecule has 0 heterocycles. The Balaban J connectivity index is 2.89. The predicted octanol–water partition coefficient (Wildman–Crippen LogP) is 1.44. The van der Waals surface area contributed by atoms with Crippen LogP contribution in [0.2, 0.25) is 0 Å². The van der Waals surface area contributed by atoms with E-state index in [1.54, 1.807) is 12.1 Å². The number of rotatable bonds is 5. The number of phenolic OH excluding ortho intramolecular Hbond substituents is 1. The average molecular weight is 211 g/mol. The van der Waals surface area contributed by atoms with Crippen molar-refractivity contribution in [2.45, 2.75) is 13.0 Å². The van der Waals surface area contributed by atoms with Gasteiger partial charge in [-0.25, -0.2) is 0 Å². The molecule has 1 aromatic carbocycles. The summed E-state index contributed by atoms with van der Waals surface area (Å²) in [6.07, 6.45) is -0.174. The Hall–Kier alpha value is -1.26. The van der Waals surface area contributed by atoms with Crippen molar-refractivity contribution in [1.29, 1.82) is 0 Å². The summed E-state index contributed by atoms with van der Waals surface area (Å²) >= 11 is 0. The first-order valence-electron chi connectivity index (χ1n) is 4.91. The third-order valence-corrected chi connectivity index (χ3v) is 2.16. The molecular weight excluding hydrogens is 194 g/mol. The molecule has 0 saturated heterocycles. The molecular formula is C11H17NO3. The minimum Gasteiger partial charge on any atom is -0.504 e. The van der Waals surface area contributed by atoms with Gasteiger partial charge < -0.3 is 20.3 Å². The molecule has 1 atom stereocenters. The van der Waals surface area contributed by atoms with Gasteiger partial charge in [0.15, 0.2) is 11.5 Å². The zero-order valence-corrected chi connectivity index (χ0v) is 9.06. The zero-order valence-electron chi connectivity index (χ0n) is 9.06. The summed E-state index contributed by atoms with van der Waals surface area (Å²) in [4.78, 5) is 0. The molecule has 3 N–H and O–H groups in total. The van der Waals surface area contributed by atoms with Crippen LogP contribution < -0.4 is 10.5 Å². The third-order valence-electron chi connectivity index (χ3n) is 2.16. The monoisotopic (exact) mass is 211 g/mol. The molecule has 0 amide bonds. The molecule has 0 fully saturated rings. The Morgan fingerprint density at radius 1 is 1.47 bits per heavy atom. The molecule has 0 bridgehead atoms. The van der Waals surface area contributed by atoms with Gasteiger partial charge in [0.2, 0.25) is 0 Å². The molecule has 0 spiro atoms. The van der Waals surface area contributed by atoms with Gasteiger partial charge in [0.1, 0.15) is 0 Å². The van der Waals surface area contributed by atoms with E-state index in [4.69, 9.17) is 15.2 Å². The van der Waals surface area contributed by atoms with Crippen molar-refractivity contribution < 1.29 is 14.6 Å². The lowest BCUT2D eigenvalue weighted by atomic mass is 10.1. The van der Waals surface area contributed by atoms with Crippen LogP contribution in [0.3, 0.4) is 0 Å². The van der Waals surface area contributed by atoms with E-state index in [0.29, 0.717) is 18.9 Å². The highest BCUT2D eigenvalue weighted by Crippen LogP contribution is 2.29. The van der Waals surface area contributed by atoms with Crippen molar-refractivity contribution >= 4 is 0 Å². The normalized spacial score (nSPS) is 12.5. The predicted molar refractivity (Wildman–Crippen MR) is 58.1 cm³/mol. The van der Waals surface area contributed by atoms with Gasteiger partial charge in [0, 0.05) is 13.2 Å². The van der Waals surface area contributed by atoms with E-state index in [2.05, 4.69) is 0 Å². The highest BCUT2D eigenvalue weighted by molar-refractivity contribution is 5.42. The second-order valence-corrected chi connectivity index (χ2v) is 3.11. The van der Waals surface area contributed by atoms with Gasteiger partial charge in [0.05, 0.1) is 13.2 Å². The van der Waals surface area contributed by atoms with Gasteiger partial charge in [-0.05, 0) is 24.6 Å². The molecule has 0 aliphatic rings. The Labute approximate surface area is 89.6 Å². The number of nitrogens with two attached hydrogens (primary N) is 1. The lowest BCUT2D eigenvalue weighted by molar-refractivity contribution is 0.0686. The van der Waals surface area contributed by atoms with Gasteiger partial charge in [-0.15, -0.1) is 0 Å². The Morgan fingerprint density at radius 3 is 2.67 bits per heavy atom. The first-order valence-corrected chi connectivity index (χ1v) is 4.91. The second-order valence-electron chi connectivity index (χ2n) is 3.11. The minimum absolute atomic E-state index is 0.105. The molecule has 0 aliphatic heterocycles. The molecule has 0 aliphatic carbocycles. The third kappa shape index (κ3) is 2.84. The number of methoxy groups -OCH3 is 1. The van der Waals surface area contributed by atoms with E-state index < -0.39 is 0 Å². The first-order chi connectivity index (χ1) is 7.22. The van der Waals surface area contributed by atoms with Gasteiger partial charge >= 0.3 is 0 Å². The summed E-state index contributed by atoms with van der Waals surface area (Å²) in [5.41, 5.74) is 6.43. The van der Waals surface area contributed by atoms with E-state index in [9.17, 15) is 5.11 Å². The lowest BCUT2D eigenvalue weighted by Gasteiger charge is -2.16. The topological polar surface area (TPSA) is 64.7 Å². The van der Waals surface area contributed by atoms with Crippen molar-refractivity contribution in [1.82, 2.24) is 0 Å². The molecule has 0 aromatic heterocycles. The fourth-order valence-corrected chi connectivity index (χ4v) is 1.41. The molecule has 1 aromatic rings. The molecule has 1 unspecified atom stereocenters. The molecule has 4 heteroatoms. The maximum Gasteiger partial charge on any atom is 0.160 e. The van der Waals surface area contributed by atoms with Crippen LogP contribution in [0.5, 0.6) is 11.5 Å². The standard InChI is InChI=1S/C11H17NO3/c1-3-15-11(7-12)8-4-5-10(14-2)9(13)6-8/h4-6,11,13H,3,7,12H2,1-2H3. The number of phenols is 1. The summed E-state index contributed by atoms with van der Waals surface area (Å²) in [5, 5.41) is 9.58. The number of hydrogen-bond acceptors (Lipinski definition) is 4. The molecule has 15 heavy (non-hydrogen) atoms. The van der Waals surface area contributed by atoms with E-state index >= 15 is 0 Å². The van der Waals surface area contributed by atoms with Gasteiger partial charge in [-0.2, -0.15) is 0 Å². The van der Waals surface area contributed by atoms with Gasteiger partial charge in [-0.3, -0.25) is 0 Å². The van der Waals surface area contributed by atoms with E-state index in [-0.39, 0.29) is 11.9 Å². The van der Waals surface area contributed by atoms with Crippen LogP contribution in [-0.4, -0.2) is 25.4 Å². The van der Waals surface area contributed by atoms with Crippen LogP contribution in [0.4, 0.5) is 0 Å². The van der Waals surface area contributed by atoms with Crippen molar-refractivity contribution in [3.8, 4) is 11.5 Å². The van der Waals surface area contributed by atoms with Crippen molar-refractivity contribution in [2.75, 3.05) is 20.3 Å². The van der Waals surface area contributed by atoms with Crippen LogP contribution in [-0.2, 0) is 4.74 Å². The van der Waals surface area contributed by atoms with E-state index in [0.717, 1.165) is 5.56 Å². The van der Waals surface area contributed by atoms with Crippen molar-refractivity contribution in [2.24, 2.45) is 5.73 Å². The largest absolute Gasteiger partial charge is 0.504 e. The molecule has 4 nitrogen and oxygen atoms in total. The number of aromatic hydroxyl groups is 1. The maximum atomic E-state index is 9.58.